The molecule has 0 aromatic heterocycles. The third kappa shape index (κ3) is 6.14. The first-order valence-corrected chi connectivity index (χ1v) is 9.85. The lowest BCUT2D eigenvalue weighted by molar-refractivity contribution is -0.123. The first-order valence-electron chi connectivity index (χ1n) is 7.79. The van der Waals surface area contributed by atoms with E-state index in [-0.39, 0.29) is 17.0 Å². The number of hydrogen-bond acceptors (Lipinski definition) is 5. The second kappa shape index (κ2) is 8.26. The van der Waals surface area contributed by atoms with E-state index in [4.69, 9.17) is 4.74 Å². The molecular weight excluding hydrogens is 380 g/mol. The fourth-order valence-electron chi connectivity index (χ4n) is 2.14. The molecule has 1 amide bonds. The van der Waals surface area contributed by atoms with Crippen LogP contribution in [0.4, 0.5) is 14.5 Å². The molecule has 0 radical (unpaired) electrons. The summed E-state index contributed by atoms with van der Waals surface area (Å²) in [5.74, 6) is -3.83. The maximum atomic E-state index is 13.1. The lowest BCUT2D eigenvalue weighted by Crippen LogP contribution is -2.30. The molecule has 2 aromatic rings. The zero-order valence-electron chi connectivity index (χ0n) is 14.5. The Labute approximate surface area is 155 Å². The van der Waals surface area contributed by atoms with Gasteiger partial charge in [0, 0.05) is 18.0 Å². The van der Waals surface area contributed by atoms with Gasteiger partial charge >= 0.3 is 5.97 Å². The lowest BCUT2D eigenvalue weighted by Gasteiger charge is -2.14. The molecule has 1 atom stereocenters. The van der Waals surface area contributed by atoms with Gasteiger partial charge in [-0.2, -0.15) is 0 Å². The molecule has 1 N–H and O–H groups in total. The Hall–Kier alpha value is -2.81. The molecule has 0 saturated carbocycles. The van der Waals surface area contributed by atoms with Crippen LogP contribution in [-0.2, 0) is 25.1 Å². The summed E-state index contributed by atoms with van der Waals surface area (Å²) in [5, 5.41) is 2.31. The van der Waals surface area contributed by atoms with Gasteiger partial charge in [0.2, 0.25) is 0 Å². The molecule has 144 valence electrons. The number of anilines is 1. The van der Waals surface area contributed by atoms with Crippen LogP contribution in [-0.4, -0.2) is 32.7 Å². The van der Waals surface area contributed by atoms with Gasteiger partial charge in [-0.3, -0.25) is 4.79 Å². The van der Waals surface area contributed by atoms with Crippen LogP contribution >= 0.6 is 0 Å². The maximum Gasteiger partial charge on any atom is 0.338 e. The van der Waals surface area contributed by atoms with Crippen molar-refractivity contribution in [3.63, 3.8) is 0 Å². The van der Waals surface area contributed by atoms with E-state index in [1.807, 2.05) is 0 Å². The SMILES string of the molecule is C[C@H](OC(=O)c1ccc(CS(C)(=O)=O)cc1)C(=O)Nc1ccc(F)c(F)c1. The zero-order valence-corrected chi connectivity index (χ0v) is 15.3. The molecule has 0 spiro atoms. The maximum absolute atomic E-state index is 13.1. The third-order valence-electron chi connectivity index (χ3n) is 3.46. The average Bonchev–Trinajstić information content (AvgIpc) is 2.57. The number of ether oxygens (including phenoxy) is 1. The van der Waals surface area contributed by atoms with Crippen molar-refractivity contribution in [3.8, 4) is 0 Å². The van der Waals surface area contributed by atoms with Crippen LogP contribution in [0.15, 0.2) is 42.5 Å². The Kier molecular flexibility index (Phi) is 6.27. The minimum Gasteiger partial charge on any atom is -0.449 e. The summed E-state index contributed by atoms with van der Waals surface area (Å²) in [4.78, 5) is 24.1. The number of sulfone groups is 1. The van der Waals surface area contributed by atoms with Gasteiger partial charge in [0.05, 0.1) is 11.3 Å². The highest BCUT2D eigenvalue weighted by molar-refractivity contribution is 7.89. The predicted molar refractivity (Wildman–Crippen MR) is 94.9 cm³/mol. The smallest absolute Gasteiger partial charge is 0.338 e. The van der Waals surface area contributed by atoms with Crippen molar-refractivity contribution in [2.75, 3.05) is 11.6 Å². The average molecular weight is 397 g/mol. The van der Waals surface area contributed by atoms with E-state index < -0.39 is 39.5 Å². The number of nitrogens with one attached hydrogen (secondary N) is 1. The number of carbonyl (C=O) groups is 2. The Bertz CT molecular complexity index is 958. The Morgan fingerprint density at radius 1 is 1.07 bits per heavy atom. The standard InChI is InChI=1S/C18H17F2NO5S/c1-11(17(22)21-14-7-8-15(19)16(20)9-14)26-18(23)13-5-3-12(4-6-13)10-27(2,24)25/h3-9,11H,10H2,1-2H3,(H,21,22)/t11-/m0/s1. The fourth-order valence-corrected chi connectivity index (χ4v) is 2.94. The fraction of sp³-hybridized carbons (Fsp3) is 0.222. The first kappa shape index (κ1) is 20.5. The summed E-state index contributed by atoms with van der Waals surface area (Å²) in [6.45, 7) is 1.32. The normalized spacial score (nSPS) is 12.3. The molecule has 27 heavy (non-hydrogen) atoms. The van der Waals surface area contributed by atoms with Crippen LogP contribution in [0.1, 0.15) is 22.8 Å². The van der Waals surface area contributed by atoms with Crippen LogP contribution in [0.2, 0.25) is 0 Å². The number of benzene rings is 2. The van der Waals surface area contributed by atoms with Crippen molar-refractivity contribution in [3.05, 3.63) is 65.2 Å². The molecule has 0 fully saturated rings. The van der Waals surface area contributed by atoms with Crippen LogP contribution in [0.5, 0.6) is 0 Å². The largest absolute Gasteiger partial charge is 0.449 e. The molecule has 2 rings (SSSR count). The van der Waals surface area contributed by atoms with Gasteiger partial charge in [0.1, 0.15) is 0 Å². The van der Waals surface area contributed by atoms with Crippen LogP contribution in [0, 0.1) is 11.6 Å². The van der Waals surface area contributed by atoms with Crippen molar-refractivity contribution in [1.82, 2.24) is 0 Å². The number of rotatable bonds is 6. The Morgan fingerprint density at radius 2 is 1.70 bits per heavy atom. The van der Waals surface area contributed by atoms with E-state index in [2.05, 4.69) is 5.32 Å². The molecule has 6 nitrogen and oxygen atoms in total. The molecule has 2 aromatic carbocycles. The summed E-state index contributed by atoms with van der Waals surface area (Å²) in [5.41, 5.74) is 0.671. The Balaban J connectivity index is 1.97. The number of esters is 1. The highest BCUT2D eigenvalue weighted by Gasteiger charge is 2.19. The van der Waals surface area contributed by atoms with E-state index in [0.29, 0.717) is 5.56 Å². The number of halogens is 2. The minimum absolute atomic E-state index is 0.0203. The number of hydrogen-bond donors (Lipinski definition) is 1. The molecule has 0 bridgehead atoms. The molecule has 0 aliphatic carbocycles. The predicted octanol–water partition coefficient (Wildman–Crippen LogP) is 2.69. The molecular formula is C18H17F2NO5S. The molecule has 0 aliphatic rings. The van der Waals surface area contributed by atoms with E-state index in [9.17, 15) is 26.8 Å². The van der Waals surface area contributed by atoms with Crippen molar-refractivity contribution in [2.24, 2.45) is 0 Å². The van der Waals surface area contributed by atoms with E-state index in [0.717, 1.165) is 18.4 Å². The minimum atomic E-state index is -3.20. The second-order valence-corrected chi connectivity index (χ2v) is 8.07. The number of carbonyl (C=O) groups excluding carboxylic acids is 2. The highest BCUT2D eigenvalue weighted by atomic mass is 32.2. The molecule has 9 heteroatoms. The highest BCUT2D eigenvalue weighted by Crippen LogP contribution is 2.14. The summed E-state index contributed by atoms with van der Waals surface area (Å²) in [6, 6.07) is 8.58. The van der Waals surface area contributed by atoms with Gasteiger partial charge in [-0.1, -0.05) is 12.1 Å². The van der Waals surface area contributed by atoms with E-state index in [1.54, 1.807) is 0 Å². The topological polar surface area (TPSA) is 89.5 Å². The lowest BCUT2D eigenvalue weighted by atomic mass is 10.1. The number of amides is 1. The molecule has 0 saturated heterocycles. The second-order valence-electron chi connectivity index (χ2n) is 5.93. The van der Waals surface area contributed by atoms with E-state index >= 15 is 0 Å². The van der Waals surface area contributed by atoms with Gasteiger partial charge in [-0.15, -0.1) is 0 Å². The van der Waals surface area contributed by atoms with Gasteiger partial charge in [0.25, 0.3) is 5.91 Å². The molecule has 0 heterocycles. The third-order valence-corrected chi connectivity index (χ3v) is 4.32. The van der Waals surface area contributed by atoms with Crippen molar-refractivity contribution >= 4 is 27.4 Å². The van der Waals surface area contributed by atoms with Gasteiger partial charge in [-0.25, -0.2) is 22.0 Å². The summed E-state index contributed by atoms with van der Waals surface area (Å²) in [7, 11) is -3.20. The zero-order chi connectivity index (χ0) is 20.2. The van der Waals surface area contributed by atoms with E-state index in [1.165, 1.54) is 37.3 Å². The van der Waals surface area contributed by atoms with Crippen LogP contribution < -0.4 is 5.32 Å². The first-order chi connectivity index (χ1) is 12.5. The summed E-state index contributed by atoms with van der Waals surface area (Å²) >= 11 is 0. The van der Waals surface area contributed by atoms with Crippen molar-refractivity contribution in [2.45, 2.75) is 18.8 Å². The monoisotopic (exact) mass is 397 g/mol. The molecule has 0 aliphatic heterocycles. The quantitative estimate of drug-likeness (QED) is 0.757. The van der Waals surface area contributed by atoms with Gasteiger partial charge in [0.15, 0.2) is 27.6 Å². The van der Waals surface area contributed by atoms with Crippen molar-refractivity contribution in [1.29, 1.82) is 0 Å². The molecule has 0 unspecified atom stereocenters. The van der Waals surface area contributed by atoms with Crippen LogP contribution in [0.3, 0.4) is 0 Å². The van der Waals surface area contributed by atoms with Crippen LogP contribution in [0.25, 0.3) is 0 Å². The van der Waals surface area contributed by atoms with Gasteiger partial charge in [-0.05, 0) is 36.8 Å². The summed E-state index contributed by atoms with van der Waals surface area (Å²) in [6.07, 6.45) is -0.0936. The summed E-state index contributed by atoms with van der Waals surface area (Å²) < 4.78 is 53.6. The van der Waals surface area contributed by atoms with Gasteiger partial charge < -0.3 is 10.1 Å². The van der Waals surface area contributed by atoms with Crippen molar-refractivity contribution < 1.29 is 31.5 Å². The Morgan fingerprint density at radius 3 is 2.26 bits per heavy atom.